The fourth-order valence-electron chi connectivity index (χ4n) is 2.93. The number of hydrogen-bond donors (Lipinski definition) is 0. The molecule has 6 heteroatoms. The quantitative estimate of drug-likeness (QED) is 0.472. The van der Waals surface area contributed by atoms with E-state index in [1.165, 1.54) is 23.5 Å². The van der Waals surface area contributed by atoms with Gasteiger partial charge in [-0.25, -0.2) is 9.37 Å². The van der Waals surface area contributed by atoms with Gasteiger partial charge in [-0.05, 0) is 36.2 Å². The molecule has 3 aromatic rings. The molecule has 0 spiro atoms. The lowest BCUT2D eigenvalue weighted by atomic mass is 10.1. The van der Waals surface area contributed by atoms with Crippen molar-refractivity contribution in [3.8, 4) is 10.6 Å². The molecule has 0 aliphatic rings. The maximum atomic E-state index is 13.2. The van der Waals surface area contributed by atoms with E-state index in [4.69, 9.17) is 0 Å². The predicted molar refractivity (Wildman–Crippen MR) is 110 cm³/mol. The number of rotatable bonds is 9. The van der Waals surface area contributed by atoms with Crippen LogP contribution in [0.3, 0.4) is 0 Å². The van der Waals surface area contributed by atoms with Crippen molar-refractivity contribution in [2.45, 2.75) is 39.2 Å². The molecule has 0 radical (unpaired) electrons. The summed E-state index contributed by atoms with van der Waals surface area (Å²) in [6.45, 7) is 3.33. The van der Waals surface area contributed by atoms with Crippen molar-refractivity contribution >= 4 is 17.2 Å². The minimum absolute atomic E-state index is 0.0449. The maximum absolute atomic E-state index is 13.2. The molecule has 0 atom stereocenters. The van der Waals surface area contributed by atoms with Crippen LogP contribution in [0, 0.1) is 5.82 Å². The number of halogens is 1. The highest BCUT2D eigenvalue weighted by atomic mass is 32.1. The first kappa shape index (κ1) is 20.1. The summed E-state index contributed by atoms with van der Waals surface area (Å²) >= 11 is 1.52. The lowest BCUT2D eigenvalue weighted by molar-refractivity contribution is -0.131. The third-order valence-electron chi connectivity index (χ3n) is 4.46. The standard InChI is InChI=1S/C22H24FN3OS/c1-2-3-4-12-26(15-17-7-9-19(23)10-8-17)21(27)13-20-16-28-22(25-20)18-6-5-11-24-14-18/h5-11,14,16H,2-4,12-13,15H2,1H3. The summed E-state index contributed by atoms with van der Waals surface area (Å²) in [7, 11) is 0. The van der Waals surface area contributed by atoms with Crippen molar-refractivity contribution in [3.63, 3.8) is 0 Å². The highest BCUT2D eigenvalue weighted by molar-refractivity contribution is 7.13. The van der Waals surface area contributed by atoms with Crippen LogP contribution in [-0.2, 0) is 17.8 Å². The van der Waals surface area contributed by atoms with Crippen LogP contribution in [0.2, 0.25) is 0 Å². The van der Waals surface area contributed by atoms with Crippen molar-refractivity contribution in [1.82, 2.24) is 14.9 Å². The van der Waals surface area contributed by atoms with Crippen molar-refractivity contribution < 1.29 is 9.18 Å². The average Bonchev–Trinajstić information content (AvgIpc) is 3.18. The van der Waals surface area contributed by atoms with Crippen molar-refractivity contribution in [1.29, 1.82) is 0 Å². The number of benzene rings is 1. The Kier molecular flexibility index (Phi) is 7.25. The molecule has 1 aromatic carbocycles. The van der Waals surface area contributed by atoms with E-state index in [-0.39, 0.29) is 18.1 Å². The zero-order chi connectivity index (χ0) is 19.8. The van der Waals surface area contributed by atoms with Crippen LogP contribution in [0.5, 0.6) is 0 Å². The molecule has 1 amide bonds. The average molecular weight is 398 g/mol. The summed E-state index contributed by atoms with van der Waals surface area (Å²) in [5.74, 6) is -0.221. The van der Waals surface area contributed by atoms with Gasteiger partial charge >= 0.3 is 0 Å². The smallest absolute Gasteiger partial charge is 0.228 e. The number of amides is 1. The van der Waals surface area contributed by atoms with Gasteiger partial charge in [0.2, 0.25) is 5.91 Å². The summed E-state index contributed by atoms with van der Waals surface area (Å²) < 4.78 is 13.2. The highest BCUT2D eigenvalue weighted by Gasteiger charge is 2.16. The Labute approximate surface area is 169 Å². The second-order valence-electron chi connectivity index (χ2n) is 6.71. The number of carbonyl (C=O) groups excluding carboxylic acids is 1. The molecule has 3 rings (SSSR count). The molecular weight excluding hydrogens is 373 g/mol. The molecule has 0 unspecified atom stereocenters. The zero-order valence-corrected chi connectivity index (χ0v) is 16.8. The second-order valence-corrected chi connectivity index (χ2v) is 7.57. The maximum Gasteiger partial charge on any atom is 0.228 e. The zero-order valence-electron chi connectivity index (χ0n) is 16.0. The van der Waals surface area contributed by atoms with E-state index in [0.717, 1.165) is 41.1 Å². The summed E-state index contributed by atoms with van der Waals surface area (Å²) in [5.41, 5.74) is 2.66. The van der Waals surface area contributed by atoms with Crippen LogP contribution < -0.4 is 0 Å². The first-order chi connectivity index (χ1) is 13.7. The molecule has 28 heavy (non-hydrogen) atoms. The van der Waals surface area contributed by atoms with Gasteiger partial charge < -0.3 is 4.90 Å². The van der Waals surface area contributed by atoms with Crippen LogP contribution in [0.15, 0.2) is 54.2 Å². The number of aromatic nitrogens is 2. The molecule has 0 saturated carbocycles. The molecule has 0 bridgehead atoms. The minimum atomic E-state index is -0.266. The first-order valence-corrected chi connectivity index (χ1v) is 10.4. The monoisotopic (exact) mass is 397 g/mol. The van der Waals surface area contributed by atoms with Gasteiger partial charge in [-0.15, -0.1) is 11.3 Å². The first-order valence-electron chi connectivity index (χ1n) is 9.52. The van der Waals surface area contributed by atoms with Gasteiger partial charge in [-0.2, -0.15) is 0 Å². The molecule has 4 nitrogen and oxygen atoms in total. The number of unbranched alkanes of at least 4 members (excludes halogenated alkanes) is 2. The van der Waals surface area contributed by atoms with Crippen LogP contribution in [-0.4, -0.2) is 27.3 Å². The molecule has 146 valence electrons. The normalized spacial score (nSPS) is 10.8. The number of thiazole rings is 1. The Balaban J connectivity index is 1.68. The van der Waals surface area contributed by atoms with Crippen molar-refractivity contribution in [2.24, 2.45) is 0 Å². The Morgan fingerprint density at radius 1 is 1.18 bits per heavy atom. The molecule has 0 aliphatic carbocycles. The SMILES string of the molecule is CCCCCN(Cc1ccc(F)cc1)C(=O)Cc1csc(-c2cccnc2)n1. The molecule has 0 aliphatic heterocycles. The van der Waals surface area contributed by atoms with Gasteiger partial charge in [-0.3, -0.25) is 9.78 Å². The Hall–Kier alpha value is -2.60. The minimum Gasteiger partial charge on any atom is -0.338 e. The van der Waals surface area contributed by atoms with E-state index < -0.39 is 0 Å². The van der Waals surface area contributed by atoms with Gasteiger partial charge in [-0.1, -0.05) is 31.9 Å². The summed E-state index contributed by atoms with van der Waals surface area (Å²) in [6, 6.07) is 10.2. The number of hydrogen-bond acceptors (Lipinski definition) is 4. The molecule has 0 fully saturated rings. The van der Waals surface area contributed by atoms with Crippen LogP contribution >= 0.6 is 11.3 Å². The highest BCUT2D eigenvalue weighted by Crippen LogP contribution is 2.23. The molecule has 0 saturated heterocycles. The molecule has 0 N–H and O–H groups in total. The van der Waals surface area contributed by atoms with Crippen LogP contribution in [0.1, 0.15) is 37.4 Å². The van der Waals surface area contributed by atoms with Gasteiger partial charge in [0.15, 0.2) is 0 Å². The third kappa shape index (κ3) is 5.70. The Morgan fingerprint density at radius 2 is 2.00 bits per heavy atom. The van der Waals surface area contributed by atoms with E-state index in [0.29, 0.717) is 13.1 Å². The summed E-state index contributed by atoms with van der Waals surface area (Å²) in [4.78, 5) is 23.5. The van der Waals surface area contributed by atoms with E-state index in [2.05, 4.69) is 16.9 Å². The molecule has 2 heterocycles. The summed E-state index contributed by atoms with van der Waals surface area (Å²) in [6.07, 6.45) is 6.90. The lowest BCUT2D eigenvalue weighted by Gasteiger charge is -2.22. The Bertz CT molecular complexity index is 880. The Morgan fingerprint density at radius 3 is 2.71 bits per heavy atom. The van der Waals surface area contributed by atoms with E-state index in [1.807, 2.05) is 22.4 Å². The molecular formula is C22H24FN3OS. The van der Waals surface area contributed by atoms with Crippen LogP contribution in [0.4, 0.5) is 4.39 Å². The van der Waals surface area contributed by atoms with Gasteiger partial charge in [0.05, 0.1) is 12.1 Å². The number of pyridine rings is 1. The molecule has 2 aromatic heterocycles. The van der Waals surface area contributed by atoms with Gasteiger partial charge in [0.1, 0.15) is 10.8 Å². The summed E-state index contributed by atoms with van der Waals surface area (Å²) in [5, 5.41) is 2.80. The van der Waals surface area contributed by atoms with E-state index >= 15 is 0 Å². The third-order valence-corrected chi connectivity index (χ3v) is 5.40. The number of carbonyl (C=O) groups is 1. The fraction of sp³-hybridized carbons (Fsp3) is 0.318. The predicted octanol–water partition coefficient (Wildman–Crippen LogP) is 5.11. The van der Waals surface area contributed by atoms with E-state index in [1.54, 1.807) is 24.5 Å². The van der Waals surface area contributed by atoms with Crippen LogP contribution in [0.25, 0.3) is 10.6 Å². The van der Waals surface area contributed by atoms with Crippen molar-refractivity contribution in [2.75, 3.05) is 6.54 Å². The largest absolute Gasteiger partial charge is 0.338 e. The van der Waals surface area contributed by atoms with Crippen molar-refractivity contribution in [3.05, 3.63) is 71.2 Å². The second kappa shape index (κ2) is 10.1. The topological polar surface area (TPSA) is 46.1 Å². The fourth-order valence-corrected chi connectivity index (χ4v) is 3.74. The lowest BCUT2D eigenvalue weighted by Crippen LogP contribution is -2.32. The van der Waals surface area contributed by atoms with Gasteiger partial charge in [0.25, 0.3) is 0 Å². The van der Waals surface area contributed by atoms with E-state index in [9.17, 15) is 9.18 Å². The van der Waals surface area contributed by atoms with Gasteiger partial charge in [0, 0.05) is 36.4 Å². The number of nitrogens with zero attached hydrogens (tertiary/aromatic N) is 3.